The zero-order valence-electron chi connectivity index (χ0n) is 18.6. The van der Waals surface area contributed by atoms with Crippen molar-refractivity contribution in [1.29, 1.82) is 0 Å². The van der Waals surface area contributed by atoms with E-state index in [-0.39, 0.29) is 18.2 Å². The minimum Gasteiger partial charge on any atom is -0.395 e. The summed E-state index contributed by atoms with van der Waals surface area (Å²) in [6.07, 6.45) is 0.799. The molecule has 30 heavy (non-hydrogen) atoms. The first-order chi connectivity index (χ1) is 14.2. The van der Waals surface area contributed by atoms with E-state index in [2.05, 4.69) is 85.2 Å². The molecule has 0 saturated carbocycles. The van der Waals surface area contributed by atoms with Crippen LogP contribution in [-0.4, -0.2) is 48.3 Å². The number of tetrazole rings is 1. The molecular formula is C22H31ClN6O. The van der Waals surface area contributed by atoms with Crippen molar-refractivity contribution >= 4 is 22.5 Å². The summed E-state index contributed by atoms with van der Waals surface area (Å²) in [7, 11) is 0. The third kappa shape index (κ3) is 4.63. The van der Waals surface area contributed by atoms with Crippen LogP contribution in [0.3, 0.4) is 0 Å². The van der Waals surface area contributed by atoms with Crippen LogP contribution in [0.2, 0.25) is 5.15 Å². The average Bonchev–Trinajstić information content (AvgIpc) is 3.14. The molecule has 162 valence electrons. The number of aliphatic hydroxyl groups excluding tert-OH is 1. The van der Waals surface area contributed by atoms with Crippen molar-refractivity contribution in [2.24, 2.45) is 0 Å². The van der Waals surface area contributed by atoms with Crippen LogP contribution in [0.25, 0.3) is 10.9 Å². The van der Waals surface area contributed by atoms with Crippen LogP contribution in [0.15, 0.2) is 18.2 Å². The number of fused-ring (bicyclic) bond motifs is 1. The van der Waals surface area contributed by atoms with E-state index in [1.54, 1.807) is 0 Å². The molecule has 0 spiro atoms. The number of aliphatic hydroxyl groups is 1. The molecule has 8 heteroatoms. The van der Waals surface area contributed by atoms with Crippen LogP contribution in [0.4, 0.5) is 0 Å². The molecule has 3 aromatic rings. The van der Waals surface area contributed by atoms with E-state index in [9.17, 15) is 5.11 Å². The molecule has 1 N–H and O–H groups in total. The maximum Gasteiger partial charge on any atom is 0.168 e. The van der Waals surface area contributed by atoms with Gasteiger partial charge in [0.1, 0.15) is 5.15 Å². The third-order valence-electron chi connectivity index (χ3n) is 5.29. The lowest BCUT2D eigenvalue weighted by molar-refractivity contribution is 0.127. The first kappa shape index (κ1) is 22.6. The Balaban J connectivity index is 2.01. The Morgan fingerprint density at radius 3 is 2.57 bits per heavy atom. The molecular weight excluding hydrogens is 400 g/mol. The smallest absolute Gasteiger partial charge is 0.168 e. The largest absolute Gasteiger partial charge is 0.395 e. The van der Waals surface area contributed by atoms with Crippen molar-refractivity contribution < 1.29 is 5.11 Å². The number of hydrogen-bond donors (Lipinski definition) is 1. The monoisotopic (exact) mass is 430 g/mol. The summed E-state index contributed by atoms with van der Waals surface area (Å²) in [5.41, 5.74) is 3.91. The Morgan fingerprint density at radius 1 is 1.20 bits per heavy atom. The van der Waals surface area contributed by atoms with Gasteiger partial charge in [0.05, 0.1) is 23.7 Å². The molecule has 1 unspecified atom stereocenters. The van der Waals surface area contributed by atoms with Crippen molar-refractivity contribution in [3.63, 3.8) is 0 Å². The number of halogens is 1. The van der Waals surface area contributed by atoms with Gasteiger partial charge >= 0.3 is 0 Å². The number of benzene rings is 1. The standard InChI is InChI=1S/C22H31ClN6O/c1-7-18(21-25-26-27-29(21)22(4,5)6)28(8-9-30)13-17-12-16-11-14(2)10-15(3)19(16)24-20(17)23/h10-12,18,30H,7-9,13H2,1-6H3. The van der Waals surface area contributed by atoms with Crippen molar-refractivity contribution in [3.8, 4) is 0 Å². The van der Waals surface area contributed by atoms with Crippen LogP contribution < -0.4 is 0 Å². The summed E-state index contributed by atoms with van der Waals surface area (Å²) in [6, 6.07) is 6.29. The van der Waals surface area contributed by atoms with Gasteiger partial charge in [-0.1, -0.05) is 30.2 Å². The quantitative estimate of drug-likeness (QED) is 0.566. The Labute approximate surface area is 183 Å². The number of rotatable bonds is 7. The Bertz CT molecular complexity index is 1030. The predicted molar refractivity (Wildman–Crippen MR) is 120 cm³/mol. The lowest BCUT2D eigenvalue weighted by Crippen LogP contribution is -2.35. The lowest BCUT2D eigenvalue weighted by atomic mass is 10.0. The molecule has 0 aliphatic rings. The number of pyridine rings is 1. The molecule has 0 bridgehead atoms. The van der Waals surface area contributed by atoms with Crippen LogP contribution in [0.5, 0.6) is 0 Å². The average molecular weight is 431 g/mol. The second kappa shape index (κ2) is 8.96. The van der Waals surface area contributed by atoms with E-state index < -0.39 is 0 Å². The van der Waals surface area contributed by atoms with E-state index in [0.717, 1.165) is 34.3 Å². The fourth-order valence-corrected chi connectivity index (χ4v) is 4.16. The van der Waals surface area contributed by atoms with E-state index >= 15 is 0 Å². The van der Waals surface area contributed by atoms with Crippen molar-refractivity contribution in [1.82, 2.24) is 30.1 Å². The third-order valence-corrected chi connectivity index (χ3v) is 5.62. The molecule has 0 fully saturated rings. The molecule has 1 atom stereocenters. The zero-order chi connectivity index (χ0) is 22.1. The maximum atomic E-state index is 9.75. The normalized spacial score (nSPS) is 13.4. The molecule has 1 aromatic carbocycles. The Kier molecular flexibility index (Phi) is 6.75. The van der Waals surface area contributed by atoms with Gasteiger partial charge in [-0.2, -0.15) is 0 Å². The van der Waals surface area contributed by atoms with Crippen LogP contribution in [0.1, 0.15) is 62.7 Å². The number of aryl methyl sites for hydroxylation is 2. The van der Waals surface area contributed by atoms with Gasteiger partial charge in [-0.15, -0.1) is 5.10 Å². The SMILES string of the molecule is CCC(c1nnnn1C(C)(C)C)N(CCO)Cc1cc2cc(C)cc(C)c2nc1Cl. The molecule has 0 aliphatic heterocycles. The van der Waals surface area contributed by atoms with Crippen LogP contribution in [-0.2, 0) is 12.1 Å². The Morgan fingerprint density at radius 2 is 1.93 bits per heavy atom. The van der Waals surface area contributed by atoms with Gasteiger partial charge in [-0.25, -0.2) is 9.67 Å². The van der Waals surface area contributed by atoms with Gasteiger partial charge in [0.2, 0.25) is 0 Å². The predicted octanol–water partition coefficient (Wildman–Crippen LogP) is 4.19. The summed E-state index contributed by atoms with van der Waals surface area (Å²) < 4.78 is 1.86. The minimum absolute atomic E-state index is 0.0322. The summed E-state index contributed by atoms with van der Waals surface area (Å²) in [4.78, 5) is 6.84. The highest BCUT2D eigenvalue weighted by atomic mass is 35.5. The minimum atomic E-state index is -0.242. The van der Waals surface area contributed by atoms with Gasteiger partial charge in [0.15, 0.2) is 5.82 Å². The molecule has 0 saturated heterocycles. The van der Waals surface area contributed by atoms with Crippen molar-refractivity contribution in [2.45, 2.75) is 66.1 Å². The number of aromatic nitrogens is 5. The topological polar surface area (TPSA) is 80.0 Å². The van der Waals surface area contributed by atoms with Gasteiger partial charge in [-0.3, -0.25) is 4.90 Å². The molecule has 2 aromatic heterocycles. The van der Waals surface area contributed by atoms with E-state index in [4.69, 9.17) is 11.6 Å². The van der Waals surface area contributed by atoms with Gasteiger partial charge in [-0.05, 0) is 69.2 Å². The van der Waals surface area contributed by atoms with Crippen LogP contribution >= 0.6 is 11.6 Å². The highest BCUT2D eigenvalue weighted by Crippen LogP contribution is 2.30. The Hall–Kier alpha value is -2.09. The molecule has 3 rings (SSSR count). The second-order valence-corrected chi connectivity index (χ2v) is 9.19. The van der Waals surface area contributed by atoms with E-state index in [1.807, 2.05) is 4.68 Å². The highest BCUT2D eigenvalue weighted by Gasteiger charge is 2.29. The van der Waals surface area contributed by atoms with Crippen molar-refractivity contribution in [3.05, 3.63) is 45.9 Å². The van der Waals surface area contributed by atoms with Crippen LogP contribution in [0, 0.1) is 13.8 Å². The van der Waals surface area contributed by atoms with Gasteiger partial charge in [0.25, 0.3) is 0 Å². The molecule has 0 amide bonds. The summed E-state index contributed by atoms with van der Waals surface area (Å²) in [5.74, 6) is 0.787. The summed E-state index contributed by atoms with van der Waals surface area (Å²) >= 11 is 6.59. The van der Waals surface area contributed by atoms with Gasteiger partial charge < -0.3 is 5.11 Å². The fraction of sp³-hybridized carbons (Fsp3) is 0.545. The fourth-order valence-electron chi connectivity index (χ4n) is 3.96. The lowest BCUT2D eigenvalue weighted by Gasteiger charge is -2.32. The number of hydrogen-bond acceptors (Lipinski definition) is 6. The maximum absolute atomic E-state index is 9.75. The second-order valence-electron chi connectivity index (χ2n) is 8.83. The summed E-state index contributed by atoms with van der Waals surface area (Å²) in [6.45, 7) is 13.5. The first-order valence-electron chi connectivity index (χ1n) is 10.4. The molecule has 0 aliphatic carbocycles. The molecule has 0 radical (unpaired) electrons. The van der Waals surface area contributed by atoms with E-state index in [1.165, 1.54) is 5.56 Å². The van der Waals surface area contributed by atoms with Gasteiger partial charge in [0, 0.05) is 24.0 Å². The van der Waals surface area contributed by atoms with Crippen molar-refractivity contribution in [2.75, 3.05) is 13.2 Å². The van der Waals surface area contributed by atoms with E-state index in [0.29, 0.717) is 18.2 Å². The summed E-state index contributed by atoms with van der Waals surface area (Å²) in [5, 5.41) is 23.8. The molecule has 7 nitrogen and oxygen atoms in total. The highest BCUT2D eigenvalue weighted by molar-refractivity contribution is 6.30. The molecule has 2 heterocycles. The number of nitrogens with zero attached hydrogens (tertiary/aromatic N) is 6. The first-order valence-corrected chi connectivity index (χ1v) is 10.7. The zero-order valence-corrected chi connectivity index (χ0v) is 19.4.